The van der Waals surface area contributed by atoms with Crippen molar-refractivity contribution in [1.29, 1.82) is 0 Å². The van der Waals surface area contributed by atoms with E-state index < -0.39 is 6.10 Å². The third kappa shape index (κ3) is 3.63. The highest BCUT2D eigenvalue weighted by Crippen LogP contribution is 2.35. The highest BCUT2D eigenvalue weighted by atomic mass is 32.1. The second-order valence-electron chi connectivity index (χ2n) is 7.21. The lowest BCUT2D eigenvalue weighted by molar-refractivity contribution is 0.0852. The van der Waals surface area contributed by atoms with Crippen LogP contribution in [0.2, 0.25) is 0 Å². The molecule has 1 aliphatic rings. The molecular weight excluding hydrogens is 412 g/mol. The fourth-order valence-electron chi connectivity index (χ4n) is 3.65. The fourth-order valence-corrected chi connectivity index (χ4v) is 4.57. The lowest BCUT2D eigenvalue weighted by Crippen LogP contribution is -2.26. The molecule has 0 saturated carbocycles. The monoisotopic (exact) mass is 434 g/mol. The van der Waals surface area contributed by atoms with E-state index in [0.717, 1.165) is 18.7 Å². The second kappa shape index (κ2) is 8.03. The van der Waals surface area contributed by atoms with Crippen LogP contribution in [-0.4, -0.2) is 34.3 Å². The number of thiazole rings is 1. The van der Waals surface area contributed by atoms with Crippen LogP contribution in [0, 0.1) is 0 Å². The van der Waals surface area contributed by atoms with Crippen LogP contribution in [0.25, 0.3) is 11.0 Å². The van der Waals surface area contributed by atoms with Gasteiger partial charge >= 0.3 is 0 Å². The summed E-state index contributed by atoms with van der Waals surface area (Å²) in [4.78, 5) is 20.2. The largest absolute Gasteiger partial charge is 0.485 e. The van der Waals surface area contributed by atoms with Gasteiger partial charge in [-0.05, 0) is 49.8 Å². The van der Waals surface area contributed by atoms with E-state index in [1.54, 1.807) is 0 Å². The molecule has 0 bridgehead atoms. The zero-order chi connectivity index (χ0) is 21.4. The first-order valence-corrected chi connectivity index (χ1v) is 11.1. The van der Waals surface area contributed by atoms with Gasteiger partial charge in [-0.3, -0.25) is 4.79 Å². The molecule has 158 valence electrons. The maximum Gasteiger partial charge on any atom is 0.291 e. The van der Waals surface area contributed by atoms with E-state index >= 15 is 0 Å². The number of aromatic nitrogens is 3. The molecule has 2 aromatic heterocycles. The van der Waals surface area contributed by atoms with Crippen LogP contribution in [0.3, 0.4) is 0 Å². The molecule has 0 saturated heterocycles. The third-order valence-corrected chi connectivity index (χ3v) is 6.27. The first-order chi connectivity index (χ1) is 15.2. The minimum absolute atomic E-state index is 0.177. The number of ether oxygens (including phenoxy) is 2. The van der Waals surface area contributed by atoms with Crippen molar-refractivity contribution in [2.24, 2.45) is 0 Å². The SMILES string of the molecule is CCN(CC)c1ccc(/C=c2\sc3nc([C@H]4COc5ccccc5O4)nn3c2=O)cc1. The third-order valence-electron chi connectivity index (χ3n) is 5.31. The lowest BCUT2D eigenvalue weighted by Gasteiger charge is -2.24. The molecule has 1 aliphatic heterocycles. The highest BCUT2D eigenvalue weighted by molar-refractivity contribution is 7.15. The Morgan fingerprint density at radius 1 is 1.13 bits per heavy atom. The summed E-state index contributed by atoms with van der Waals surface area (Å²) in [7, 11) is 0. The van der Waals surface area contributed by atoms with Gasteiger partial charge in [0.15, 0.2) is 23.4 Å². The summed E-state index contributed by atoms with van der Waals surface area (Å²) in [6.45, 7) is 6.50. The van der Waals surface area contributed by atoms with Gasteiger partial charge in [-0.25, -0.2) is 0 Å². The summed E-state index contributed by atoms with van der Waals surface area (Å²) in [5.41, 5.74) is 1.97. The zero-order valence-corrected chi connectivity index (χ0v) is 18.1. The summed E-state index contributed by atoms with van der Waals surface area (Å²) < 4.78 is 13.6. The van der Waals surface area contributed by atoms with Gasteiger partial charge in [0.25, 0.3) is 5.56 Å². The van der Waals surface area contributed by atoms with Crippen molar-refractivity contribution >= 4 is 28.1 Å². The van der Waals surface area contributed by atoms with Crippen LogP contribution in [0.4, 0.5) is 5.69 Å². The molecule has 0 unspecified atom stereocenters. The van der Waals surface area contributed by atoms with Gasteiger partial charge in [0.2, 0.25) is 4.96 Å². The highest BCUT2D eigenvalue weighted by Gasteiger charge is 2.27. The van der Waals surface area contributed by atoms with Crippen molar-refractivity contribution in [1.82, 2.24) is 14.6 Å². The Bertz CT molecular complexity index is 1330. The molecule has 31 heavy (non-hydrogen) atoms. The van der Waals surface area contributed by atoms with Crippen LogP contribution >= 0.6 is 11.3 Å². The number of para-hydroxylation sites is 2. The standard InChI is InChI=1S/C23H22N4O3S/c1-3-26(4-2)16-11-9-15(10-12-16)13-20-22(28)27-23(31-20)24-21(25-27)19-14-29-17-7-5-6-8-18(17)30-19/h5-13,19H,3-4,14H2,1-2H3/b20-13-/t19-/m1/s1. The van der Waals surface area contributed by atoms with Crippen molar-refractivity contribution < 1.29 is 9.47 Å². The summed E-state index contributed by atoms with van der Waals surface area (Å²) in [5.74, 6) is 1.81. The van der Waals surface area contributed by atoms with Gasteiger partial charge in [0.1, 0.15) is 6.61 Å². The Balaban J connectivity index is 1.42. The van der Waals surface area contributed by atoms with Crippen LogP contribution in [0.5, 0.6) is 11.5 Å². The molecule has 7 nitrogen and oxygen atoms in total. The number of hydrogen-bond donors (Lipinski definition) is 0. The molecule has 2 aromatic carbocycles. The van der Waals surface area contributed by atoms with Crippen molar-refractivity contribution in [3.05, 3.63) is 74.8 Å². The van der Waals surface area contributed by atoms with Gasteiger partial charge in [-0.2, -0.15) is 9.50 Å². The molecule has 1 atom stereocenters. The second-order valence-corrected chi connectivity index (χ2v) is 8.22. The Morgan fingerprint density at radius 2 is 1.87 bits per heavy atom. The smallest absolute Gasteiger partial charge is 0.291 e. The molecule has 3 heterocycles. The van der Waals surface area contributed by atoms with Crippen LogP contribution < -0.4 is 24.5 Å². The Morgan fingerprint density at radius 3 is 2.58 bits per heavy atom. The number of anilines is 1. The minimum atomic E-state index is -0.443. The average molecular weight is 435 g/mol. The van der Waals surface area contributed by atoms with E-state index in [1.807, 2.05) is 42.5 Å². The van der Waals surface area contributed by atoms with E-state index in [2.05, 4.69) is 41.0 Å². The molecule has 0 radical (unpaired) electrons. The number of hydrogen-bond acceptors (Lipinski definition) is 7. The summed E-state index contributed by atoms with van der Waals surface area (Å²) in [6, 6.07) is 15.7. The van der Waals surface area contributed by atoms with Crippen molar-refractivity contribution in [2.75, 3.05) is 24.6 Å². The topological polar surface area (TPSA) is 69.0 Å². The summed E-state index contributed by atoms with van der Waals surface area (Å²) in [6.07, 6.45) is 1.44. The molecule has 0 amide bonds. The Hall–Kier alpha value is -3.39. The molecule has 0 N–H and O–H groups in total. The molecule has 0 aliphatic carbocycles. The maximum atomic E-state index is 12.9. The Kier molecular flexibility index (Phi) is 5.07. The summed E-state index contributed by atoms with van der Waals surface area (Å²) >= 11 is 1.32. The first kappa shape index (κ1) is 19.6. The van der Waals surface area contributed by atoms with Gasteiger partial charge in [0.05, 0.1) is 4.53 Å². The molecule has 4 aromatic rings. The van der Waals surface area contributed by atoms with E-state index in [0.29, 0.717) is 33.4 Å². The van der Waals surface area contributed by atoms with Gasteiger partial charge < -0.3 is 14.4 Å². The van der Waals surface area contributed by atoms with Crippen molar-refractivity contribution in [3.8, 4) is 11.5 Å². The van der Waals surface area contributed by atoms with Gasteiger partial charge in [0, 0.05) is 18.8 Å². The van der Waals surface area contributed by atoms with E-state index in [1.165, 1.54) is 21.5 Å². The van der Waals surface area contributed by atoms with Crippen LogP contribution in [0.1, 0.15) is 31.3 Å². The summed E-state index contributed by atoms with van der Waals surface area (Å²) in [5, 5.41) is 4.40. The van der Waals surface area contributed by atoms with Crippen LogP contribution in [-0.2, 0) is 0 Å². The number of fused-ring (bicyclic) bond motifs is 2. The minimum Gasteiger partial charge on any atom is -0.485 e. The van der Waals surface area contributed by atoms with E-state index in [-0.39, 0.29) is 5.56 Å². The van der Waals surface area contributed by atoms with Gasteiger partial charge in [-0.1, -0.05) is 35.6 Å². The van der Waals surface area contributed by atoms with E-state index in [4.69, 9.17) is 9.47 Å². The van der Waals surface area contributed by atoms with Crippen molar-refractivity contribution in [3.63, 3.8) is 0 Å². The maximum absolute atomic E-state index is 12.9. The normalized spacial score (nSPS) is 16.1. The number of rotatable bonds is 5. The Labute approximate surface area is 183 Å². The molecule has 0 spiro atoms. The predicted octanol–water partition coefficient (Wildman–Crippen LogP) is 3.06. The fraction of sp³-hybridized carbons (Fsp3) is 0.261. The number of nitrogens with zero attached hydrogens (tertiary/aromatic N) is 4. The van der Waals surface area contributed by atoms with Gasteiger partial charge in [-0.15, -0.1) is 5.10 Å². The molecule has 0 fully saturated rings. The lowest BCUT2D eigenvalue weighted by atomic mass is 10.2. The molecule has 8 heteroatoms. The van der Waals surface area contributed by atoms with E-state index in [9.17, 15) is 4.79 Å². The average Bonchev–Trinajstić information content (AvgIpc) is 3.35. The molecular formula is C23H22N4O3S. The van der Waals surface area contributed by atoms with Crippen LogP contribution in [0.15, 0.2) is 53.3 Å². The predicted molar refractivity (Wildman–Crippen MR) is 121 cm³/mol. The first-order valence-electron chi connectivity index (χ1n) is 10.3. The van der Waals surface area contributed by atoms with Crippen molar-refractivity contribution in [2.45, 2.75) is 20.0 Å². The quantitative estimate of drug-likeness (QED) is 0.481. The molecule has 5 rings (SSSR count). The number of benzene rings is 2. The zero-order valence-electron chi connectivity index (χ0n) is 17.3.